The van der Waals surface area contributed by atoms with Crippen molar-refractivity contribution in [3.63, 3.8) is 0 Å². The first-order valence-corrected chi connectivity index (χ1v) is 10.5. The number of amides is 1. The van der Waals surface area contributed by atoms with E-state index in [9.17, 15) is 26.7 Å². The summed E-state index contributed by atoms with van der Waals surface area (Å²) in [6, 6.07) is 2.51. The van der Waals surface area contributed by atoms with Gasteiger partial charge in [-0.15, -0.1) is 0 Å². The van der Waals surface area contributed by atoms with Crippen LogP contribution in [0.15, 0.2) is 24.5 Å². The zero-order valence-electron chi connectivity index (χ0n) is 18.3. The van der Waals surface area contributed by atoms with Crippen molar-refractivity contribution < 1.29 is 36.2 Å². The molecule has 3 aromatic rings. The molecule has 4 rings (SSSR count). The van der Waals surface area contributed by atoms with Gasteiger partial charge in [0.2, 0.25) is 5.95 Å². The van der Waals surface area contributed by atoms with Crippen molar-refractivity contribution in [1.82, 2.24) is 20.3 Å². The van der Waals surface area contributed by atoms with Crippen LogP contribution in [0.5, 0.6) is 5.75 Å². The Balaban J connectivity index is 1.82. The Hall–Kier alpha value is -3.68. The number of H-pyrrole nitrogens is 1. The maximum Gasteiger partial charge on any atom is 0.419 e. The third-order valence-electron chi connectivity index (χ3n) is 5.42. The molecule has 9 nitrogen and oxygen atoms in total. The van der Waals surface area contributed by atoms with E-state index in [0.717, 1.165) is 26.5 Å². The normalized spacial score (nSPS) is 16.4. The molecule has 1 saturated heterocycles. The number of fused-ring (bicyclic) bond motifs is 1. The van der Waals surface area contributed by atoms with Crippen LogP contribution in [0, 0.1) is 0 Å². The van der Waals surface area contributed by atoms with Crippen molar-refractivity contribution in [3.05, 3.63) is 30.1 Å². The molecule has 0 radical (unpaired) electrons. The Bertz CT molecular complexity index is 1210. The Morgan fingerprint density at radius 1 is 1.29 bits per heavy atom. The summed E-state index contributed by atoms with van der Waals surface area (Å²) in [5.41, 5.74) is -1.78. The van der Waals surface area contributed by atoms with Crippen molar-refractivity contribution in [1.29, 1.82) is 0 Å². The predicted octanol–water partition coefficient (Wildman–Crippen LogP) is 4.59. The lowest BCUT2D eigenvalue weighted by Crippen LogP contribution is -2.38. The van der Waals surface area contributed by atoms with Crippen LogP contribution in [0.4, 0.5) is 38.4 Å². The molecule has 0 aliphatic carbocycles. The van der Waals surface area contributed by atoms with Crippen LogP contribution in [-0.4, -0.2) is 53.9 Å². The predicted molar refractivity (Wildman–Crippen MR) is 117 cm³/mol. The number of halogens is 5. The van der Waals surface area contributed by atoms with Gasteiger partial charge in [-0.2, -0.15) is 22.0 Å². The molecule has 1 aromatic carbocycles. The number of carbonyl (C=O) groups excluding carboxylic acids is 1. The number of nitrogens with one attached hydrogen (secondary N) is 4. The molecule has 1 aliphatic heterocycles. The quantitative estimate of drug-likeness (QED) is 0.366. The minimum Gasteiger partial charge on any atom is -0.453 e. The number of hydrogen-bond donors (Lipinski definition) is 4. The second-order valence-corrected chi connectivity index (χ2v) is 7.70. The summed E-state index contributed by atoms with van der Waals surface area (Å²) in [6.45, 7) is -1.81. The van der Waals surface area contributed by atoms with E-state index in [0.29, 0.717) is 12.7 Å². The number of carbonyl (C=O) groups is 1. The van der Waals surface area contributed by atoms with Gasteiger partial charge < -0.3 is 25.1 Å². The molecule has 1 amide bonds. The highest BCUT2D eigenvalue weighted by molar-refractivity contribution is 6.03. The number of anilines is 2. The molecule has 0 saturated carbocycles. The van der Waals surface area contributed by atoms with Crippen molar-refractivity contribution in [2.24, 2.45) is 0 Å². The van der Waals surface area contributed by atoms with E-state index in [1.54, 1.807) is 0 Å². The standard InChI is InChI=1S/C21H21F5N6O3/c1-34-20(33)31-14-5-4-11-12(8-28-16(11)17(14)35-18(22)23)15-13(21(24,25)26)9-29-19(32-15)30-10-3-2-6-27-7-10/h4-5,8-10,18,27-28H,2-3,6-7H2,1H3,(H,31,33)(H,29,30,32)/t10-/m0/s1. The number of rotatable bonds is 6. The van der Waals surface area contributed by atoms with Crippen LogP contribution >= 0.6 is 0 Å². The summed E-state index contributed by atoms with van der Waals surface area (Å²) in [7, 11) is 1.08. The fourth-order valence-electron chi connectivity index (χ4n) is 3.86. The van der Waals surface area contributed by atoms with E-state index in [4.69, 9.17) is 0 Å². The minimum absolute atomic E-state index is 0.00378. The highest BCUT2D eigenvalue weighted by atomic mass is 19.4. The summed E-state index contributed by atoms with van der Waals surface area (Å²) >= 11 is 0. The van der Waals surface area contributed by atoms with Crippen LogP contribution in [0.3, 0.4) is 0 Å². The Morgan fingerprint density at radius 3 is 2.74 bits per heavy atom. The second-order valence-electron chi connectivity index (χ2n) is 7.70. The lowest BCUT2D eigenvalue weighted by Gasteiger charge is -2.24. The number of ether oxygens (including phenoxy) is 2. The molecular weight excluding hydrogens is 479 g/mol. The van der Waals surface area contributed by atoms with E-state index in [1.165, 1.54) is 18.3 Å². The molecule has 0 unspecified atom stereocenters. The number of aromatic amines is 1. The molecular formula is C21H21F5N6O3. The van der Waals surface area contributed by atoms with Crippen molar-refractivity contribution in [2.45, 2.75) is 31.7 Å². The molecule has 1 aliphatic rings. The van der Waals surface area contributed by atoms with E-state index < -0.39 is 35.9 Å². The van der Waals surface area contributed by atoms with Crippen LogP contribution in [0.2, 0.25) is 0 Å². The highest BCUT2D eigenvalue weighted by Crippen LogP contribution is 2.42. The molecule has 1 fully saturated rings. The largest absolute Gasteiger partial charge is 0.453 e. The van der Waals surface area contributed by atoms with Gasteiger partial charge in [0.15, 0.2) is 5.75 Å². The lowest BCUT2D eigenvalue weighted by atomic mass is 10.0. The molecule has 4 N–H and O–H groups in total. The Labute approximate surface area is 195 Å². The highest BCUT2D eigenvalue weighted by Gasteiger charge is 2.36. The number of methoxy groups -OCH3 is 1. The zero-order valence-corrected chi connectivity index (χ0v) is 18.3. The van der Waals surface area contributed by atoms with Crippen molar-refractivity contribution in [2.75, 3.05) is 30.8 Å². The van der Waals surface area contributed by atoms with E-state index in [1.807, 2.05) is 0 Å². The van der Waals surface area contributed by atoms with Gasteiger partial charge in [0.1, 0.15) is 5.56 Å². The lowest BCUT2D eigenvalue weighted by molar-refractivity contribution is -0.137. The maximum atomic E-state index is 13.8. The SMILES string of the molecule is COC(=O)Nc1ccc2c(-c3nc(N[C@H]4CCCNC4)ncc3C(F)(F)F)c[nH]c2c1OC(F)F. The number of alkyl halides is 5. The first-order valence-electron chi connectivity index (χ1n) is 10.5. The minimum atomic E-state index is -4.78. The smallest absolute Gasteiger partial charge is 0.419 e. The number of piperidine rings is 1. The third-order valence-corrected chi connectivity index (χ3v) is 5.42. The first kappa shape index (κ1) is 24.4. The molecule has 0 spiro atoms. The fraction of sp³-hybridized carbons (Fsp3) is 0.381. The fourth-order valence-corrected chi connectivity index (χ4v) is 3.86. The number of nitrogens with zero attached hydrogens (tertiary/aromatic N) is 2. The van der Waals surface area contributed by atoms with Crippen LogP contribution in [-0.2, 0) is 10.9 Å². The number of hydrogen-bond acceptors (Lipinski definition) is 7. The van der Waals surface area contributed by atoms with Crippen LogP contribution in [0.25, 0.3) is 22.2 Å². The van der Waals surface area contributed by atoms with Gasteiger partial charge in [0.25, 0.3) is 0 Å². The zero-order chi connectivity index (χ0) is 25.2. The van der Waals surface area contributed by atoms with Crippen molar-refractivity contribution >= 4 is 28.6 Å². The average Bonchev–Trinajstić information content (AvgIpc) is 3.24. The molecule has 2 aromatic heterocycles. The van der Waals surface area contributed by atoms with E-state index >= 15 is 0 Å². The molecule has 0 bridgehead atoms. The van der Waals surface area contributed by atoms with Gasteiger partial charge in [-0.3, -0.25) is 5.32 Å². The van der Waals surface area contributed by atoms with E-state index in [2.05, 4.69) is 40.4 Å². The summed E-state index contributed by atoms with van der Waals surface area (Å²) in [5.74, 6) is -0.465. The number of aromatic nitrogens is 3. The summed E-state index contributed by atoms with van der Waals surface area (Å²) in [5, 5.41) is 8.57. The van der Waals surface area contributed by atoms with Gasteiger partial charge >= 0.3 is 18.9 Å². The average molecular weight is 500 g/mol. The monoisotopic (exact) mass is 500 g/mol. The summed E-state index contributed by atoms with van der Waals surface area (Å²) in [4.78, 5) is 22.2. The molecule has 14 heteroatoms. The van der Waals surface area contributed by atoms with Gasteiger partial charge in [0.05, 0.1) is 24.0 Å². The van der Waals surface area contributed by atoms with Gasteiger partial charge in [-0.1, -0.05) is 0 Å². The third kappa shape index (κ3) is 5.37. The molecule has 1 atom stereocenters. The molecule has 3 heterocycles. The van der Waals surface area contributed by atoms with Crippen LogP contribution in [0.1, 0.15) is 18.4 Å². The maximum absolute atomic E-state index is 13.8. The van der Waals surface area contributed by atoms with Gasteiger partial charge in [0, 0.05) is 35.9 Å². The van der Waals surface area contributed by atoms with Crippen LogP contribution < -0.4 is 20.7 Å². The second kappa shape index (κ2) is 9.90. The first-order chi connectivity index (χ1) is 16.7. The van der Waals surface area contributed by atoms with Gasteiger partial charge in [-0.05, 0) is 31.5 Å². The molecule has 35 heavy (non-hydrogen) atoms. The topological polar surface area (TPSA) is 113 Å². The Kier molecular flexibility index (Phi) is 6.91. The van der Waals surface area contributed by atoms with E-state index in [-0.39, 0.29) is 34.1 Å². The molecule has 188 valence electrons. The summed E-state index contributed by atoms with van der Waals surface area (Å²) in [6.07, 6.45) is -2.15. The summed E-state index contributed by atoms with van der Waals surface area (Å²) < 4.78 is 76.7. The van der Waals surface area contributed by atoms with Gasteiger partial charge in [-0.25, -0.2) is 14.8 Å². The number of benzene rings is 1. The Morgan fingerprint density at radius 2 is 2.09 bits per heavy atom. The van der Waals surface area contributed by atoms with Crippen molar-refractivity contribution in [3.8, 4) is 17.0 Å².